The Hall–Kier alpha value is -3.54. The molecule has 0 saturated heterocycles. The van der Waals surface area contributed by atoms with Crippen molar-refractivity contribution in [2.75, 3.05) is 0 Å². The highest BCUT2D eigenvalue weighted by Crippen LogP contribution is 2.26. The quantitative estimate of drug-likeness (QED) is 0.501. The molecule has 0 aliphatic carbocycles. The molecule has 0 fully saturated rings. The Morgan fingerprint density at radius 1 is 1.04 bits per heavy atom. The second-order valence-corrected chi connectivity index (χ2v) is 6.35. The van der Waals surface area contributed by atoms with Gasteiger partial charge in [-0.2, -0.15) is 10.1 Å². The van der Waals surface area contributed by atoms with E-state index in [1.807, 2.05) is 54.7 Å². The number of hydrogen-bond acceptors (Lipinski definition) is 5. The maximum Gasteiger partial charge on any atom is 0.223 e. The third-order valence-corrected chi connectivity index (χ3v) is 4.27. The number of rotatable bonds is 5. The van der Waals surface area contributed by atoms with Gasteiger partial charge in [-0.05, 0) is 36.2 Å². The second kappa shape index (κ2) is 6.99. The molecule has 6 heteroatoms. The molecule has 0 atom stereocenters. The molecular formula is C21H18N4O2. The molecule has 2 aromatic heterocycles. The van der Waals surface area contributed by atoms with Crippen molar-refractivity contribution in [3.05, 3.63) is 78.1 Å². The summed E-state index contributed by atoms with van der Waals surface area (Å²) < 4.78 is 6.77. The van der Waals surface area contributed by atoms with Gasteiger partial charge in [0.25, 0.3) is 0 Å². The van der Waals surface area contributed by atoms with Crippen LogP contribution in [0.5, 0.6) is 0 Å². The standard InChI is InChI=1S/C21H18N4O2/c1-14(26)16-5-3-6-17(11-16)18-7-4-8-19(12-18)20-9-10-25(23-20)13-21-22-15(2)27-24-21/h3-12H,13H2,1-2H3. The normalized spacial score (nSPS) is 10.9. The van der Waals surface area contributed by atoms with Crippen molar-refractivity contribution in [1.29, 1.82) is 0 Å². The van der Waals surface area contributed by atoms with Crippen LogP contribution >= 0.6 is 0 Å². The number of benzene rings is 2. The summed E-state index contributed by atoms with van der Waals surface area (Å²) >= 11 is 0. The maximum atomic E-state index is 11.6. The summed E-state index contributed by atoms with van der Waals surface area (Å²) in [4.78, 5) is 15.8. The SMILES string of the molecule is CC(=O)c1cccc(-c2cccc(-c3ccn(Cc4noc(C)n4)n3)c2)c1. The van der Waals surface area contributed by atoms with Crippen LogP contribution < -0.4 is 0 Å². The molecule has 4 aromatic rings. The van der Waals surface area contributed by atoms with Gasteiger partial charge in [-0.1, -0.05) is 41.6 Å². The summed E-state index contributed by atoms with van der Waals surface area (Å²) in [5.41, 5.74) is 4.62. The molecule has 134 valence electrons. The van der Waals surface area contributed by atoms with Gasteiger partial charge >= 0.3 is 0 Å². The lowest BCUT2D eigenvalue weighted by Gasteiger charge is -2.06. The van der Waals surface area contributed by atoms with E-state index in [4.69, 9.17) is 4.52 Å². The summed E-state index contributed by atoms with van der Waals surface area (Å²) in [5.74, 6) is 1.19. The number of Topliss-reactive ketones (excluding diaryl/α,β-unsaturated/α-hetero) is 1. The summed E-state index contributed by atoms with van der Waals surface area (Å²) in [6.07, 6.45) is 1.89. The second-order valence-electron chi connectivity index (χ2n) is 6.35. The molecular weight excluding hydrogens is 340 g/mol. The first-order valence-electron chi connectivity index (χ1n) is 8.63. The number of aryl methyl sites for hydroxylation is 1. The van der Waals surface area contributed by atoms with E-state index in [9.17, 15) is 4.79 Å². The largest absolute Gasteiger partial charge is 0.340 e. The van der Waals surface area contributed by atoms with Crippen molar-refractivity contribution < 1.29 is 9.32 Å². The van der Waals surface area contributed by atoms with Gasteiger partial charge in [-0.25, -0.2) is 0 Å². The van der Waals surface area contributed by atoms with E-state index >= 15 is 0 Å². The third kappa shape index (κ3) is 3.69. The summed E-state index contributed by atoms with van der Waals surface area (Å²) in [7, 11) is 0. The van der Waals surface area contributed by atoms with Crippen LogP contribution in [0.4, 0.5) is 0 Å². The van der Waals surface area contributed by atoms with Crippen molar-refractivity contribution >= 4 is 5.78 Å². The molecule has 0 radical (unpaired) electrons. The molecule has 4 rings (SSSR count). The maximum absolute atomic E-state index is 11.6. The highest BCUT2D eigenvalue weighted by atomic mass is 16.5. The first-order valence-corrected chi connectivity index (χ1v) is 8.63. The van der Waals surface area contributed by atoms with Crippen molar-refractivity contribution in [2.45, 2.75) is 20.4 Å². The smallest absolute Gasteiger partial charge is 0.223 e. The number of hydrogen-bond donors (Lipinski definition) is 0. The fourth-order valence-electron chi connectivity index (χ4n) is 2.93. The minimum Gasteiger partial charge on any atom is -0.340 e. The Labute approximate surface area is 156 Å². The zero-order chi connectivity index (χ0) is 18.8. The van der Waals surface area contributed by atoms with Crippen LogP contribution in [0, 0.1) is 6.92 Å². The summed E-state index contributed by atoms with van der Waals surface area (Å²) in [6, 6.07) is 17.7. The predicted octanol–water partition coefficient (Wildman–Crippen LogP) is 4.16. The number of aromatic nitrogens is 4. The van der Waals surface area contributed by atoms with E-state index < -0.39 is 0 Å². The third-order valence-electron chi connectivity index (χ3n) is 4.27. The molecule has 2 aromatic carbocycles. The van der Waals surface area contributed by atoms with Gasteiger partial charge in [0.2, 0.25) is 5.89 Å². The molecule has 0 saturated carbocycles. The number of carbonyl (C=O) groups excluding carboxylic acids is 1. The van der Waals surface area contributed by atoms with Gasteiger partial charge in [0.05, 0.1) is 5.69 Å². The number of nitrogens with zero attached hydrogens (tertiary/aromatic N) is 4. The number of carbonyl (C=O) groups is 1. The molecule has 0 unspecified atom stereocenters. The number of ketones is 1. The molecule has 0 amide bonds. The minimum absolute atomic E-state index is 0.0587. The fraction of sp³-hybridized carbons (Fsp3) is 0.143. The van der Waals surface area contributed by atoms with E-state index in [-0.39, 0.29) is 5.78 Å². The predicted molar refractivity (Wildman–Crippen MR) is 101 cm³/mol. The van der Waals surface area contributed by atoms with Gasteiger partial charge in [0, 0.05) is 24.2 Å². The van der Waals surface area contributed by atoms with Gasteiger partial charge in [0.15, 0.2) is 11.6 Å². The Balaban J connectivity index is 1.61. The minimum atomic E-state index is 0.0587. The first kappa shape index (κ1) is 16.9. The highest BCUT2D eigenvalue weighted by molar-refractivity contribution is 5.95. The van der Waals surface area contributed by atoms with E-state index in [0.29, 0.717) is 23.8 Å². The van der Waals surface area contributed by atoms with Crippen molar-refractivity contribution in [3.8, 4) is 22.4 Å². The lowest BCUT2D eigenvalue weighted by Crippen LogP contribution is -2.02. The van der Waals surface area contributed by atoms with Crippen LogP contribution in [0.2, 0.25) is 0 Å². The summed E-state index contributed by atoms with van der Waals surface area (Å²) in [6.45, 7) is 3.79. The monoisotopic (exact) mass is 358 g/mol. The van der Waals surface area contributed by atoms with Crippen LogP contribution in [0.3, 0.4) is 0 Å². The molecule has 0 aliphatic heterocycles. The van der Waals surface area contributed by atoms with Crippen LogP contribution in [0.15, 0.2) is 65.3 Å². The van der Waals surface area contributed by atoms with Gasteiger partial charge < -0.3 is 4.52 Å². The highest BCUT2D eigenvalue weighted by Gasteiger charge is 2.08. The van der Waals surface area contributed by atoms with E-state index in [2.05, 4.69) is 21.3 Å². The van der Waals surface area contributed by atoms with Crippen LogP contribution in [0.1, 0.15) is 29.0 Å². The average Bonchev–Trinajstić information content (AvgIpc) is 3.31. The average molecular weight is 358 g/mol. The molecule has 0 bridgehead atoms. The van der Waals surface area contributed by atoms with E-state index in [1.165, 1.54) is 0 Å². The Morgan fingerprint density at radius 3 is 2.52 bits per heavy atom. The molecule has 6 nitrogen and oxygen atoms in total. The van der Waals surface area contributed by atoms with Crippen molar-refractivity contribution in [1.82, 2.24) is 19.9 Å². The molecule has 0 aliphatic rings. The Bertz CT molecular complexity index is 1110. The molecule has 0 spiro atoms. The van der Waals surface area contributed by atoms with Crippen molar-refractivity contribution in [3.63, 3.8) is 0 Å². The van der Waals surface area contributed by atoms with E-state index in [1.54, 1.807) is 18.5 Å². The Morgan fingerprint density at radius 2 is 1.78 bits per heavy atom. The zero-order valence-corrected chi connectivity index (χ0v) is 15.1. The van der Waals surface area contributed by atoms with Crippen molar-refractivity contribution in [2.24, 2.45) is 0 Å². The first-order chi connectivity index (χ1) is 13.1. The van der Waals surface area contributed by atoms with Crippen LogP contribution in [0.25, 0.3) is 22.4 Å². The van der Waals surface area contributed by atoms with Crippen LogP contribution in [-0.2, 0) is 6.54 Å². The van der Waals surface area contributed by atoms with Gasteiger partial charge in [-0.15, -0.1) is 0 Å². The molecule has 0 N–H and O–H groups in total. The Kier molecular flexibility index (Phi) is 4.38. The van der Waals surface area contributed by atoms with Crippen LogP contribution in [-0.4, -0.2) is 25.7 Å². The topological polar surface area (TPSA) is 73.8 Å². The fourth-order valence-corrected chi connectivity index (χ4v) is 2.93. The lowest BCUT2D eigenvalue weighted by molar-refractivity contribution is 0.101. The van der Waals surface area contributed by atoms with E-state index in [0.717, 1.165) is 22.4 Å². The molecule has 27 heavy (non-hydrogen) atoms. The molecule has 2 heterocycles. The van der Waals surface area contributed by atoms with Gasteiger partial charge in [-0.3, -0.25) is 9.48 Å². The summed E-state index contributed by atoms with van der Waals surface area (Å²) in [5, 5.41) is 8.50. The van der Waals surface area contributed by atoms with Gasteiger partial charge in [0.1, 0.15) is 6.54 Å². The lowest BCUT2D eigenvalue weighted by atomic mass is 9.99. The zero-order valence-electron chi connectivity index (χ0n) is 15.1.